The van der Waals surface area contributed by atoms with Gasteiger partial charge in [0.25, 0.3) is 0 Å². The van der Waals surface area contributed by atoms with Gasteiger partial charge in [-0.2, -0.15) is 0 Å². The Morgan fingerprint density at radius 1 is 1.08 bits per heavy atom. The van der Waals surface area contributed by atoms with Crippen LogP contribution < -0.4 is 10.2 Å². The van der Waals surface area contributed by atoms with E-state index in [1.807, 2.05) is 21.9 Å². The second kappa shape index (κ2) is 6.55. The number of piperidine rings is 1. The molecule has 5 nitrogen and oxygen atoms in total. The van der Waals surface area contributed by atoms with Crippen LogP contribution in [0, 0.1) is 0 Å². The largest absolute Gasteiger partial charge is 0.341 e. The molecule has 5 heteroatoms. The molecule has 0 radical (unpaired) electrons. The van der Waals surface area contributed by atoms with E-state index in [1.54, 1.807) is 0 Å². The Morgan fingerprint density at radius 3 is 2.62 bits per heavy atom. The van der Waals surface area contributed by atoms with E-state index in [0.717, 1.165) is 57.4 Å². The number of carbonyl (C=O) groups excluding carboxylic acids is 2. The van der Waals surface area contributed by atoms with Gasteiger partial charge in [0, 0.05) is 31.2 Å². The first-order chi connectivity index (χ1) is 11.7. The lowest BCUT2D eigenvalue weighted by atomic mass is 9.95. The molecule has 128 valence electrons. The fourth-order valence-corrected chi connectivity index (χ4v) is 4.31. The number of para-hydroxylation sites is 1. The molecule has 0 spiro atoms. The summed E-state index contributed by atoms with van der Waals surface area (Å²) in [6.07, 6.45) is 5.23. The van der Waals surface area contributed by atoms with Crippen LogP contribution in [0.4, 0.5) is 5.69 Å². The third-order valence-corrected chi connectivity index (χ3v) is 5.63. The van der Waals surface area contributed by atoms with Crippen LogP contribution in [0.25, 0.3) is 0 Å². The first-order valence-electron chi connectivity index (χ1n) is 9.16. The van der Waals surface area contributed by atoms with Crippen LogP contribution in [0.1, 0.15) is 37.7 Å². The van der Waals surface area contributed by atoms with E-state index < -0.39 is 0 Å². The van der Waals surface area contributed by atoms with Crippen molar-refractivity contribution in [3.63, 3.8) is 0 Å². The summed E-state index contributed by atoms with van der Waals surface area (Å²) >= 11 is 0. The highest BCUT2D eigenvalue weighted by Crippen LogP contribution is 2.32. The predicted molar refractivity (Wildman–Crippen MR) is 92.9 cm³/mol. The smallest absolute Gasteiger partial charge is 0.239 e. The van der Waals surface area contributed by atoms with Crippen LogP contribution in [0.2, 0.25) is 0 Å². The average Bonchev–Trinajstić information content (AvgIpc) is 3.16. The minimum absolute atomic E-state index is 0.0129. The second-order valence-corrected chi connectivity index (χ2v) is 7.10. The van der Waals surface area contributed by atoms with Gasteiger partial charge in [-0.25, -0.2) is 0 Å². The number of nitrogens with one attached hydrogen (secondary N) is 1. The molecule has 1 atom stereocenters. The first-order valence-corrected chi connectivity index (χ1v) is 9.16. The summed E-state index contributed by atoms with van der Waals surface area (Å²) in [4.78, 5) is 29.0. The fraction of sp³-hybridized carbons (Fsp3) is 0.579. The molecule has 4 rings (SSSR count). The van der Waals surface area contributed by atoms with Crippen molar-refractivity contribution in [1.29, 1.82) is 0 Å². The number of hydrogen-bond donors (Lipinski definition) is 1. The minimum atomic E-state index is 0.0129. The zero-order valence-electron chi connectivity index (χ0n) is 14.0. The predicted octanol–water partition coefficient (Wildman–Crippen LogP) is 1.71. The molecule has 0 saturated carbocycles. The maximum atomic E-state index is 12.5. The van der Waals surface area contributed by atoms with Crippen molar-refractivity contribution in [3.05, 3.63) is 29.8 Å². The molecule has 3 aliphatic rings. The summed E-state index contributed by atoms with van der Waals surface area (Å²) in [7, 11) is 0. The van der Waals surface area contributed by atoms with E-state index in [9.17, 15) is 9.59 Å². The van der Waals surface area contributed by atoms with Gasteiger partial charge in [-0.3, -0.25) is 9.59 Å². The maximum absolute atomic E-state index is 12.5. The van der Waals surface area contributed by atoms with Crippen molar-refractivity contribution in [3.8, 4) is 0 Å². The van der Waals surface area contributed by atoms with Crippen LogP contribution in [-0.2, 0) is 16.0 Å². The Hall–Kier alpha value is -1.88. The van der Waals surface area contributed by atoms with Crippen LogP contribution in [0.3, 0.4) is 0 Å². The summed E-state index contributed by atoms with van der Waals surface area (Å²) in [5.74, 6) is 0.479. The highest BCUT2D eigenvalue weighted by atomic mass is 16.2. The number of amides is 2. The molecule has 0 aromatic heterocycles. The zero-order valence-corrected chi connectivity index (χ0v) is 14.0. The van der Waals surface area contributed by atoms with Gasteiger partial charge >= 0.3 is 0 Å². The van der Waals surface area contributed by atoms with Gasteiger partial charge in [0.1, 0.15) is 0 Å². The van der Waals surface area contributed by atoms with E-state index >= 15 is 0 Å². The number of rotatable bonds is 2. The number of fused-ring (bicyclic) bond motifs is 1. The lowest BCUT2D eigenvalue weighted by Crippen LogP contribution is -2.53. The number of benzene rings is 1. The van der Waals surface area contributed by atoms with Gasteiger partial charge in [0.2, 0.25) is 11.8 Å². The fourth-order valence-electron chi connectivity index (χ4n) is 4.31. The normalized spacial score (nSPS) is 25.0. The second-order valence-electron chi connectivity index (χ2n) is 7.10. The summed E-state index contributed by atoms with van der Waals surface area (Å²) in [6, 6.07) is 8.47. The Bertz CT molecular complexity index is 631. The lowest BCUT2D eigenvalue weighted by molar-refractivity contribution is -0.134. The van der Waals surface area contributed by atoms with E-state index in [0.29, 0.717) is 6.42 Å². The standard InChI is InChI=1S/C19H25N3O2/c23-18-8-7-14-4-1-2-6-17(14)22(18)15-9-12-21(13-10-15)19(24)16-5-3-11-20-16/h1-2,4,6,15-16,20H,3,5,7-13H2. The molecule has 1 N–H and O–H groups in total. The van der Waals surface area contributed by atoms with Crippen molar-refractivity contribution in [1.82, 2.24) is 10.2 Å². The monoisotopic (exact) mass is 327 g/mol. The highest BCUT2D eigenvalue weighted by Gasteiger charge is 2.35. The van der Waals surface area contributed by atoms with Gasteiger partial charge in [-0.1, -0.05) is 18.2 Å². The molecule has 2 saturated heterocycles. The molecule has 0 bridgehead atoms. The Morgan fingerprint density at radius 2 is 1.88 bits per heavy atom. The lowest BCUT2D eigenvalue weighted by Gasteiger charge is -2.41. The third kappa shape index (κ3) is 2.81. The van der Waals surface area contributed by atoms with Crippen molar-refractivity contribution >= 4 is 17.5 Å². The zero-order chi connectivity index (χ0) is 16.5. The molecule has 0 aliphatic carbocycles. The molecule has 3 heterocycles. The van der Waals surface area contributed by atoms with Crippen LogP contribution in [0.5, 0.6) is 0 Å². The molecule has 1 unspecified atom stereocenters. The first kappa shape index (κ1) is 15.6. The van der Waals surface area contributed by atoms with Crippen LogP contribution >= 0.6 is 0 Å². The molecular weight excluding hydrogens is 302 g/mol. The highest BCUT2D eigenvalue weighted by molar-refractivity contribution is 5.97. The molecule has 1 aromatic carbocycles. The number of hydrogen-bond acceptors (Lipinski definition) is 3. The van der Waals surface area contributed by atoms with Crippen molar-refractivity contribution < 1.29 is 9.59 Å². The Kier molecular flexibility index (Phi) is 4.27. The van der Waals surface area contributed by atoms with E-state index in [2.05, 4.69) is 17.4 Å². The summed E-state index contributed by atoms with van der Waals surface area (Å²) in [6.45, 7) is 2.47. The van der Waals surface area contributed by atoms with Crippen LogP contribution in [0.15, 0.2) is 24.3 Å². The number of likely N-dealkylation sites (tertiary alicyclic amines) is 1. The topological polar surface area (TPSA) is 52.7 Å². The Balaban J connectivity index is 1.44. The van der Waals surface area contributed by atoms with E-state index in [1.165, 1.54) is 5.56 Å². The quantitative estimate of drug-likeness (QED) is 0.900. The van der Waals surface area contributed by atoms with E-state index in [-0.39, 0.29) is 23.9 Å². The number of carbonyl (C=O) groups is 2. The number of nitrogens with zero attached hydrogens (tertiary/aromatic N) is 2. The molecule has 2 fully saturated rings. The van der Waals surface area contributed by atoms with Gasteiger partial charge in [0.15, 0.2) is 0 Å². The summed E-state index contributed by atoms with van der Waals surface area (Å²) < 4.78 is 0. The van der Waals surface area contributed by atoms with E-state index in [4.69, 9.17) is 0 Å². The summed E-state index contributed by atoms with van der Waals surface area (Å²) in [5, 5.41) is 3.29. The van der Waals surface area contributed by atoms with Gasteiger partial charge in [-0.15, -0.1) is 0 Å². The van der Waals surface area contributed by atoms with Crippen LogP contribution in [-0.4, -0.2) is 48.4 Å². The summed E-state index contributed by atoms with van der Waals surface area (Å²) in [5.41, 5.74) is 2.35. The number of anilines is 1. The SMILES string of the molecule is O=C(C1CCCN1)N1CCC(N2C(=O)CCc3ccccc32)CC1. The van der Waals surface area contributed by atoms with Crippen molar-refractivity contribution in [2.75, 3.05) is 24.5 Å². The maximum Gasteiger partial charge on any atom is 0.239 e. The molecule has 2 amide bonds. The number of aryl methyl sites for hydroxylation is 1. The molecule has 3 aliphatic heterocycles. The molecule has 24 heavy (non-hydrogen) atoms. The molecule has 1 aromatic rings. The minimum Gasteiger partial charge on any atom is -0.341 e. The average molecular weight is 327 g/mol. The van der Waals surface area contributed by atoms with Gasteiger partial charge < -0.3 is 15.1 Å². The van der Waals surface area contributed by atoms with Crippen molar-refractivity contribution in [2.45, 2.75) is 50.6 Å². The third-order valence-electron chi connectivity index (χ3n) is 5.63. The Labute approximate surface area is 143 Å². The van der Waals surface area contributed by atoms with Gasteiger partial charge in [-0.05, 0) is 50.3 Å². The molecular formula is C19H25N3O2. The van der Waals surface area contributed by atoms with Crippen molar-refractivity contribution in [2.24, 2.45) is 0 Å². The van der Waals surface area contributed by atoms with Gasteiger partial charge in [0.05, 0.1) is 6.04 Å².